The van der Waals surface area contributed by atoms with Crippen LogP contribution in [0.25, 0.3) is 22.3 Å². The second-order valence-electron chi connectivity index (χ2n) is 6.80. The molecular formula is C19H18ClFN6S. The average molecular weight is 417 g/mol. The molecule has 1 aromatic carbocycles. The smallest absolute Gasteiger partial charge is 0.228 e. The first-order valence-corrected chi connectivity index (χ1v) is 9.89. The highest BCUT2D eigenvalue weighted by Gasteiger charge is 2.18. The van der Waals surface area contributed by atoms with Crippen LogP contribution in [0.2, 0.25) is 5.02 Å². The summed E-state index contributed by atoms with van der Waals surface area (Å²) in [6, 6.07) is 3.43. The average Bonchev–Trinajstić information content (AvgIpc) is 3.19. The second kappa shape index (κ2) is 7.10. The van der Waals surface area contributed by atoms with Crippen LogP contribution in [0.3, 0.4) is 0 Å². The number of rotatable bonds is 4. The molecule has 4 aromatic rings. The molecule has 0 atom stereocenters. The Hall–Kier alpha value is -2.58. The van der Waals surface area contributed by atoms with Gasteiger partial charge in [-0.1, -0.05) is 11.6 Å². The molecule has 0 spiro atoms. The predicted molar refractivity (Wildman–Crippen MR) is 111 cm³/mol. The van der Waals surface area contributed by atoms with Crippen molar-refractivity contribution in [3.8, 4) is 11.3 Å². The molecule has 1 N–H and O–H groups in total. The van der Waals surface area contributed by atoms with Crippen molar-refractivity contribution in [1.29, 1.82) is 0 Å². The highest BCUT2D eigenvalue weighted by atomic mass is 35.5. The molecule has 0 radical (unpaired) electrons. The second-order valence-corrected chi connectivity index (χ2v) is 8.01. The standard InChI is InChI=1S/C19H18ClFN6S/c1-9(2)27-11(4)24-17-14(21)5-12(6-15(17)27)16-13(20)8-22-19(25-16)26-18-10(3)7-23-28-18/h5-9H,1-4H3,(H,22,25,26). The van der Waals surface area contributed by atoms with Crippen LogP contribution in [0.1, 0.15) is 31.3 Å². The van der Waals surface area contributed by atoms with Crippen LogP contribution in [0.15, 0.2) is 24.5 Å². The summed E-state index contributed by atoms with van der Waals surface area (Å²) in [5, 5.41) is 4.33. The summed E-state index contributed by atoms with van der Waals surface area (Å²) in [5.74, 6) is 0.733. The molecule has 9 heteroatoms. The number of nitrogens with one attached hydrogen (secondary N) is 1. The van der Waals surface area contributed by atoms with E-state index in [1.807, 2.05) is 38.3 Å². The summed E-state index contributed by atoms with van der Waals surface area (Å²) in [7, 11) is 0. The van der Waals surface area contributed by atoms with E-state index in [-0.39, 0.29) is 6.04 Å². The number of fused-ring (bicyclic) bond motifs is 1. The van der Waals surface area contributed by atoms with Crippen molar-refractivity contribution < 1.29 is 4.39 Å². The Balaban J connectivity index is 1.84. The topological polar surface area (TPSA) is 68.5 Å². The third-order valence-corrected chi connectivity index (χ3v) is 5.53. The van der Waals surface area contributed by atoms with E-state index in [4.69, 9.17) is 11.6 Å². The highest BCUT2D eigenvalue weighted by molar-refractivity contribution is 7.10. The SMILES string of the molecule is Cc1cnsc1Nc1ncc(Cl)c(-c2cc(F)c3nc(C)n(C(C)C)c3c2)n1. The van der Waals surface area contributed by atoms with Crippen molar-refractivity contribution in [1.82, 2.24) is 23.9 Å². The quantitative estimate of drug-likeness (QED) is 0.463. The molecule has 28 heavy (non-hydrogen) atoms. The molecule has 4 rings (SSSR count). The molecule has 0 bridgehead atoms. The number of anilines is 2. The van der Waals surface area contributed by atoms with Crippen LogP contribution in [0.5, 0.6) is 0 Å². The van der Waals surface area contributed by atoms with Gasteiger partial charge in [-0.3, -0.25) is 0 Å². The molecule has 0 saturated carbocycles. The molecule has 3 aromatic heterocycles. The summed E-state index contributed by atoms with van der Waals surface area (Å²) < 4.78 is 20.9. The van der Waals surface area contributed by atoms with Crippen LogP contribution >= 0.6 is 23.1 Å². The molecule has 144 valence electrons. The van der Waals surface area contributed by atoms with Crippen molar-refractivity contribution in [3.63, 3.8) is 0 Å². The minimum Gasteiger partial charge on any atom is -0.326 e. The Morgan fingerprint density at radius 1 is 1.18 bits per heavy atom. The van der Waals surface area contributed by atoms with E-state index < -0.39 is 5.82 Å². The van der Waals surface area contributed by atoms with Crippen LogP contribution in [0.4, 0.5) is 15.3 Å². The molecule has 0 saturated heterocycles. The number of nitrogens with zero attached hydrogens (tertiary/aromatic N) is 5. The van der Waals surface area contributed by atoms with Crippen molar-refractivity contribution in [3.05, 3.63) is 46.8 Å². The van der Waals surface area contributed by atoms with Crippen molar-refractivity contribution in [2.24, 2.45) is 0 Å². The van der Waals surface area contributed by atoms with Gasteiger partial charge in [-0.15, -0.1) is 0 Å². The maximum Gasteiger partial charge on any atom is 0.228 e. The number of imidazole rings is 1. The monoisotopic (exact) mass is 416 g/mol. The fourth-order valence-corrected chi connectivity index (χ4v) is 4.05. The molecule has 0 aliphatic carbocycles. The fourth-order valence-electron chi connectivity index (χ4n) is 3.20. The minimum atomic E-state index is -0.405. The summed E-state index contributed by atoms with van der Waals surface area (Å²) in [6.45, 7) is 7.89. The van der Waals surface area contributed by atoms with Gasteiger partial charge in [-0.2, -0.15) is 4.37 Å². The van der Waals surface area contributed by atoms with E-state index in [2.05, 4.69) is 24.6 Å². The van der Waals surface area contributed by atoms with Crippen molar-refractivity contribution >= 4 is 45.1 Å². The molecule has 3 heterocycles. The van der Waals surface area contributed by atoms with E-state index in [1.54, 1.807) is 6.20 Å². The van der Waals surface area contributed by atoms with Gasteiger partial charge in [0.2, 0.25) is 5.95 Å². The zero-order chi connectivity index (χ0) is 20.0. The van der Waals surface area contributed by atoms with Gasteiger partial charge in [0.1, 0.15) is 16.3 Å². The van der Waals surface area contributed by atoms with Gasteiger partial charge in [0.15, 0.2) is 5.82 Å². The van der Waals surface area contributed by atoms with Gasteiger partial charge < -0.3 is 9.88 Å². The summed E-state index contributed by atoms with van der Waals surface area (Å²) in [5.41, 5.74) is 3.08. The zero-order valence-electron chi connectivity index (χ0n) is 15.8. The van der Waals surface area contributed by atoms with Crippen molar-refractivity contribution in [2.45, 2.75) is 33.7 Å². The molecule has 0 fully saturated rings. The van der Waals surface area contributed by atoms with Gasteiger partial charge in [-0.05, 0) is 51.4 Å². The minimum absolute atomic E-state index is 0.145. The Morgan fingerprint density at radius 2 is 1.96 bits per heavy atom. The van der Waals surface area contributed by atoms with E-state index in [0.29, 0.717) is 33.3 Å². The van der Waals surface area contributed by atoms with Gasteiger partial charge in [0.25, 0.3) is 0 Å². The Kier molecular flexibility index (Phi) is 4.76. The molecular weight excluding hydrogens is 399 g/mol. The zero-order valence-corrected chi connectivity index (χ0v) is 17.4. The van der Waals surface area contributed by atoms with Gasteiger partial charge in [0.05, 0.1) is 22.4 Å². The number of aromatic nitrogens is 5. The number of halogens is 2. The Labute approximate surface area is 170 Å². The highest BCUT2D eigenvalue weighted by Crippen LogP contribution is 2.33. The lowest BCUT2D eigenvalue weighted by atomic mass is 10.1. The Morgan fingerprint density at radius 3 is 2.64 bits per heavy atom. The van der Waals surface area contributed by atoms with Crippen LogP contribution in [0, 0.1) is 19.7 Å². The number of hydrogen-bond acceptors (Lipinski definition) is 6. The third-order valence-electron chi connectivity index (χ3n) is 4.43. The lowest BCUT2D eigenvalue weighted by Gasteiger charge is -2.12. The summed E-state index contributed by atoms with van der Waals surface area (Å²) in [4.78, 5) is 13.1. The van der Waals surface area contributed by atoms with Crippen molar-refractivity contribution in [2.75, 3.05) is 5.32 Å². The first-order valence-electron chi connectivity index (χ1n) is 8.74. The molecule has 0 amide bonds. The third kappa shape index (κ3) is 3.22. The fraction of sp³-hybridized carbons (Fsp3) is 0.263. The molecule has 0 aliphatic rings. The van der Waals surface area contributed by atoms with Crippen LogP contribution < -0.4 is 5.32 Å². The first-order chi connectivity index (χ1) is 13.3. The van der Waals surface area contributed by atoms with Gasteiger partial charge >= 0.3 is 0 Å². The van der Waals surface area contributed by atoms with Gasteiger partial charge in [0, 0.05) is 23.4 Å². The lowest BCUT2D eigenvalue weighted by molar-refractivity contribution is 0.600. The maximum atomic E-state index is 14.8. The van der Waals surface area contributed by atoms with E-state index in [0.717, 1.165) is 16.4 Å². The molecule has 0 unspecified atom stereocenters. The molecule has 0 aliphatic heterocycles. The van der Waals surface area contributed by atoms with E-state index >= 15 is 0 Å². The predicted octanol–water partition coefficient (Wildman–Crippen LogP) is 5.68. The van der Waals surface area contributed by atoms with E-state index in [1.165, 1.54) is 23.8 Å². The maximum absolute atomic E-state index is 14.8. The first kappa shape index (κ1) is 18.8. The van der Waals surface area contributed by atoms with Gasteiger partial charge in [-0.25, -0.2) is 19.3 Å². The largest absolute Gasteiger partial charge is 0.326 e. The number of benzene rings is 1. The molecule has 6 nitrogen and oxygen atoms in total. The number of hydrogen-bond donors (Lipinski definition) is 1. The van der Waals surface area contributed by atoms with Crippen LogP contribution in [-0.2, 0) is 0 Å². The lowest BCUT2D eigenvalue weighted by Crippen LogP contribution is -2.03. The summed E-state index contributed by atoms with van der Waals surface area (Å²) >= 11 is 7.66. The summed E-state index contributed by atoms with van der Waals surface area (Å²) in [6.07, 6.45) is 3.28. The van der Waals surface area contributed by atoms with Crippen LogP contribution in [-0.4, -0.2) is 23.9 Å². The van der Waals surface area contributed by atoms with E-state index in [9.17, 15) is 4.39 Å². The normalized spacial score (nSPS) is 11.5. The number of aryl methyl sites for hydroxylation is 2. The Bertz CT molecular complexity index is 1180.